The first kappa shape index (κ1) is 25.0. The molecule has 7 nitrogen and oxygen atoms in total. The maximum atomic E-state index is 14.8. The van der Waals surface area contributed by atoms with Gasteiger partial charge in [0.1, 0.15) is 20.6 Å². The number of anilines is 1. The second-order valence-corrected chi connectivity index (χ2v) is 11.7. The Bertz CT molecular complexity index is 1470. The fourth-order valence-electron chi connectivity index (χ4n) is 6.32. The molecule has 0 radical (unpaired) electrons. The number of methoxy groups -OCH3 is 1. The minimum atomic E-state index is -1.45. The minimum Gasteiger partial charge on any atom is -0.497 e. The highest BCUT2D eigenvalue weighted by Crippen LogP contribution is 2.66. The van der Waals surface area contributed by atoms with Crippen molar-refractivity contribution in [1.82, 2.24) is 14.8 Å². The average Bonchev–Trinajstić information content (AvgIpc) is 3.43. The highest BCUT2D eigenvalue weighted by atomic mass is 32.2. The van der Waals surface area contributed by atoms with Gasteiger partial charge >= 0.3 is 0 Å². The van der Waals surface area contributed by atoms with Gasteiger partial charge in [0, 0.05) is 43.2 Å². The molecule has 3 aliphatic rings. The van der Waals surface area contributed by atoms with Gasteiger partial charge in [-0.25, -0.2) is 4.39 Å². The Hall–Kier alpha value is -3.34. The number of rotatable bonds is 4. The molecule has 0 bridgehead atoms. The Labute approximate surface area is 229 Å². The lowest BCUT2D eigenvalue weighted by Crippen LogP contribution is -2.62. The van der Waals surface area contributed by atoms with E-state index in [0.29, 0.717) is 27.9 Å². The fourth-order valence-corrected chi connectivity index (χ4v) is 8.44. The number of ether oxygens (including phenoxy) is 1. The number of pyridine rings is 1. The van der Waals surface area contributed by atoms with E-state index in [9.17, 15) is 14.0 Å². The molecule has 2 amide bonds. The molecule has 3 aromatic rings. The van der Waals surface area contributed by atoms with Gasteiger partial charge in [-0.3, -0.25) is 24.4 Å². The molecule has 0 saturated carbocycles. The summed E-state index contributed by atoms with van der Waals surface area (Å²) < 4.78 is 19.1. The van der Waals surface area contributed by atoms with E-state index in [2.05, 4.69) is 4.98 Å². The van der Waals surface area contributed by atoms with Crippen LogP contribution in [-0.2, 0) is 21.7 Å². The van der Waals surface area contributed by atoms with Gasteiger partial charge in [0.2, 0.25) is 5.91 Å². The molecular weight excluding hydrogens is 523 g/mol. The molecule has 38 heavy (non-hydrogen) atoms. The largest absolute Gasteiger partial charge is 0.497 e. The summed E-state index contributed by atoms with van der Waals surface area (Å²) in [7, 11) is 5.10. The Morgan fingerprint density at radius 1 is 1.08 bits per heavy atom. The van der Waals surface area contributed by atoms with Crippen molar-refractivity contribution in [2.24, 2.45) is 0 Å². The lowest BCUT2D eigenvalue weighted by Gasteiger charge is -2.42. The summed E-state index contributed by atoms with van der Waals surface area (Å²) in [6.45, 7) is 0.649. The van der Waals surface area contributed by atoms with Crippen LogP contribution in [0.3, 0.4) is 0 Å². The fraction of sp³-hybridized carbons (Fsp3) is 0.286. The maximum absolute atomic E-state index is 14.8. The van der Waals surface area contributed by atoms with E-state index in [1.165, 1.54) is 28.8 Å². The predicted molar refractivity (Wildman–Crippen MR) is 148 cm³/mol. The topological polar surface area (TPSA) is 66.0 Å². The molecule has 10 heteroatoms. The second-order valence-electron chi connectivity index (χ2n) is 9.79. The van der Waals surface area contributed by atoms with Crippen molar-refractivity contribution in [2.45, 2.75) is 22.7 Å². The summed E-state index contributed by atoms with van der Waals surface area (Å²) in [5, 5.41) is 0. The van der Waals surface area contributed by atoms with Crippen molar-refractivity contribution in [2.75, 3.05) is 32.6 Å². The summed E-state index contributed by atoms with van der Waals surface area (Å²) >= 11 is 7.09. The number of thioether (sulfide) groups is 1. The summed E-state index contributed by atoms with van der Waals surface area (Å²) in [4.78, 5) is 38.3. The average molecular weight is 549 g/mol. The molecule has 0 unspecified atom stereocenters. The van der Waals surface area contributed by atoms with Crippen LogP contribution < -0.4 is 9.64 Å². The molecule has 2 spiro atoms. The standard InChI is InChI=1S/C28H25FN4O3S2/c1-31-16-22(18-10-12-30-13-11-18)28(27(31)21-14-19(29)6-9-23(21)32(2)24(27)34)25(35)33(26(37)38-28)15-17-4-7-20(36-3)8-5-17/h4-14,22H,15-16H2,1-3H3/t22-,27-,28+/m0/s1. The molecule has 0 N–H and O–H groups in total. The number of amides is 2. The molecule has 0 aliphatic carbocycles. The van der Waals surface area contributed by atoms with Crippen LogP contribution in [-0.4, -0.2) is 63.4 Å². The van der Waals surface area contributed by atoms with Crippen molar-refractivity contribution < 1.29 is 18.7 Å². The summed E-state index contributed by atoms with van der Waals surface area (Å²) in [6.07, 6.45) is 3.36. The number of likely N-dealkylation sites (N-methyl/N-ethyl adjacent to an activating group) is 2. The van der Waals surface area contributed by atoms with Gasteiger partial charge in [0.15, 0.2) is 5.54 Å². The summed E-state index contributed by atoms with van der Waals surface area (Å²) in [5.74, 6) is -0.684. The van der Waals surface area contributed by atoms with Crippen molar-refractivity contribution >= 4 is 45.8 Å². The predicted octanol–water partition coefficient (Wildman–Crippen LogP) is 3.93. The van der Waals surface area contributed by atoms with E-state index in [1.54, 1.807) is 37.5 Å². The van der Waals surface area contributed by atoms with Crippen molar-refractivity contribution in [3.05, 3.63) is 89.5 Å². The molecule has 3 aliphatic heterocycles. The van der Waals surface area contributed by atoms with Crippen LogP contribution in [0.4, 0.5) is 10.1 Å². The molecule has 2 fully saturated rings. The van der Waals surface area contributed by atoms with Crippen LogP contribution in [0.25, 0.3) is 0 Å². The molecule has 2 aromatic carbocycles. The molecule has 4 heterocycles. The zero-order chi connectivity index (χ0) is 26.8. The van der Waals surface area contributed by atoms with Crippen molar-refractivity contribution in [3.63, 3.8) is 0 Å². The van der Waals surface area contributed by atoms with E-state index in [0.717, 1.165) is 11.1 Å². The SMILES string of the molecule is COc1ccc(CN2C(=O)[C@]3(SC2=S)[C@H](c2ccncc2)CN(C)[C@@]32C(=O)N(C)c3ccc(F)cc32)cc1. The van der Waals surface area contributed by atoms with Crippen LogP contribution in [0.15, 0.2) is 67.0 Å². The Morgan fingerprint density at radius 3 is 2.47 bits per heavy atom. The molecule has 6 rings (SSSR count). The number of carbonyl (C=O) groups is 2. The lowest BCUT2D eigenvalue weighted by molar-refractivity contribution is -0.139. The number of aromatic nitrogens is 1. The molecule has 194 valence electrons. The van der Waals surface area contributed by atoms with Gasteiger partial charge in [0.25, 0.3) is 5.91 Å². The molecule has 2 saturated heterocycles. The maximum Gasteiger partial charge on any atom is 0.254 e. The van der Waals surface area contributed by atoms with Gasteiger partial charge in [-0.05, 0) is 60.6 Å². The van der Waals surface area contributed by atoms with Crippen LogP contribution in [0.5, 0.6) is 5.75 Å². The Morgan fingerprint density at radius 2 is 1.79 bits per heavy atom. The molecule has 3 atom stereocenters. The zero-order valence-corrected chi connectivity index (χ0v) is 22.7. The Kier molecular flexibility index (Phi) is 5.82. The van der Waals surface area contributed by atoms with Crippen LogP contribution in [0, 0.1) is 5.82 Å². The lowest BCUT2D eigenvalue weighted by atomic mass is 9.72. The molecular formula is C28H25FN4O3S2. The van der Waals surface area contributed by atoms with Gasteiger partial charge < -0.3 is 9.64 Å². The summed E-state index contributed by atoms with van der Waals surface area (Å²) in [5.41, 5.74) is 1.37. The number of hydrogen-bond acceptors (Lipinski definition) is 7. The number of fused-ring (bicyclic) bond motifs is 3. The second kappa shape index (κ2) is 8.86. The number of likely N-dealkylation sites (tertiary alicyclic amines) is 1. The van der Waals surface area contributed by atoms with Gasteiger partial charge in [-0.15, -0.1) is 0 Å². The number of nitrogens with zero attached hydrogens (tertiary/aromatic N) is 4. The minimum absolute atomic E-state index is 0.249. The van der Waals surface area contributed by atoms with E-state index in [-0.39, 0.29) is 18.4 Å². The van der Waals surface area contributed by atoms with Gasteiger partial charge in [0.05, 0.1) is 13.7 Å². The number of halogens is 1. The van der Waals surface area contributed by atoms with E-state index in [1.807, 2.05) is 48.3 Å². The van der Waals surface area contributed by atoms with Crippen LogP contribution in [0.1, 0.15) is 22.6 Å². The van der Waals surface area contributed by atoms with E-state index >= 15 is 0 Å². The summed E-state index contributed by atoms with van der Waals surface area (Å²) in [6, 6.07) is 15.5. The van der Waals surface area contributed by atoms with Gasteiger partial charge in [-0.2, -0.15) is 0 Å². The first-order valence-corrected chi connectivity index (χ1v) is 13.4. The van der Waals surface area contributed by atoms with Crippen molar-refractivity contribution in [3.8, 4) is 5.75 Å². The van der Waals surface area contributed by atoms with Crippen LogP contribution >= 0.6 is 24.0 Å². The van der Waals surface area contributed by atoms with Gasteiger partial charge in [-0.1, -0.05) is 36.1 Å². The number of hydrogen-bond donors (Lipinski definition) is 0. The highest BCUT2D eigenvalue weighted by molar-refractivity contribution is 8.25. The Balaban J connectivity index is 1.56. The monoisotopic (exact) mass is 548 g/mol. The van der Waals surface area contributed by atoms with Crippen LogP contribution in [0.2, 0.25) is 0 Å². The third kappa shape index (κ3) is 3.17. The molecule has 1 aromatic heterocycles. The van der Waals surface area contributed by atoms with E-state index in [4.69, 9.17) is 17.0 Å². The number of carbonyl (C=O) groups excluding carboxylic acids is 2. The third-order valence-electron chi connectivity index (χ3n) is 8.02. The van der Waals surface area contributed by atoms with Crippen molar-refractivity contribution in [1.29, 1.82) is 0 Å². The normalized spacial score (nSPS) is 26.7. The third-order valence-corrected chi connectivity index (χ3v) is 9.96. The quantitative estimate of drug-likeness (QED) is 0.458. The number of thiocarbonyl (C=S) groups is 1. The highest BCUT2D eigenvalue weighted by Gasteiger charge is 2.78. The zero-order valence-electron chi connectivity index (χ0n) is 21.1. The first-order valence-electron chi connectivity index (χ1n) is 12.1. The first-order chi connectivity index (χ1) is 18.3. The smallest absolute Gasteiger partial charge is 0.254 e. The van der Waals surface area contributed by atoms with E-state index < -0.39 is 22.0 Å². The number of benzene rings is 2.